The third kappa shape index (κ3) is 11.5. The molecule has 0 aliphatic carbocycles. The molecule has 2 heterocycles. The van der Waals surface area contributed by atoms with Gasteiger partial charge in [0.1, 0.15) is 5.75 Å². The molecule has 2 saturated heterocycles. The van der Waals surface area contributed by atoms with Crippen molar-refractivity contribution in [1.82, 2.24) is 15.1 Å². The molecule has 0 atom stereocenters. The lowest BCUT2D eigenvalue weighted by Crippen LogP contribution is -2.38. The molecule has 2 aliphatic heterocycles. The molecule has 0 spiro atoms. The van der Waals surface area contributed by atoms with Gasteiger partial charge in [-0.2, -0.15) is 13.2 Å². The Morgan fingerprint density at radius 2 is 1.44 bits per heavy atom. The van der Waals surface area contributed by atoms with E-state index in [-0.39, 0.29) is 24.0 Å². The van der Waals surface area contributed by atoms with Gasteiger partial charge < -0.3 is 19.9 Å². The third-order valence-corrected chi connectivity index (χ3v) is 11.3. The van der Waals surface area contributed by atoms with E-state index in [1.807, 2.05) is 77.7 Å². The Morgan fingerprint density at radius 1 is 0.782 bits per heavy atom. The quantitative estimate of drug-likeness (QED) is 0.108. The van der Waals surface area contributed by atoms with Crippen molar-refractivity contribution >= 4 is 33.7 Å². The van der Waals surface area contributed by atoms with Crippen LogP contribution in [0.4, 0.5) is 13.2 Å². The number of hydrogen-bond donors (Lipinski definition) is 1. The first kappa shape index (κ1) is 40.2. The highest BCUT2D eigenvalue weighted by Crippen LogP contribution is 2.31. The average molecular weight is 819 g/mol. The molecule has 2 amide bonds. The number of benzene rings is 4. The molecule has 2 aliphatic rings. The van der Waals surface area contributed by atoms with Gasteiger partial charge in [-0.25, -0.2) is 4.79 Å². The van der Waals surface area contributed by atoms with Crippen LogP contribution in [0, 0.1) is 11.8 Å². The molecular weight excluding hydrogens is 771 g/mol. The van der Waals surface area contributed by atoms with Gasteiger partial charge in [0.15, 0.2) is 0 Å². The number of esters is 1. The molecule has 0 radical (unpaired) electrons. The van der Waals surface area contributed by atoms with Crippen molar-refractivity contribution in [2.24, 2.45) is 11.8 Å². The van der Waals surface area contributed by atoms with E-state index in [4.69, 9.17) is 0 Å². The van der Waals surface area contributed by atoms with Crippen molar-refractivity contribution in [1.29, 1.82) is 0 Å². The first-order valence-corrected chi connectivity index (χ1v) is 19.9. The molecule has 2 fully saturated rings. The van der Waals surface area contributed by atoms with Crippen molar-refractivity contribution in [3.05, 3.63) is 124 Å². The molecular formula is C44H47BrF3N3O4. The largest absolute Gasteiger partial charge is 0.491 e. The maximum Gasteiger partial charge on any atom is 0.491 e. The summed E-state index contributed by atoms with van der Waals surface area (Å²) in [6, 6.07) is 29.0. The zero-order valence-electron chi connectivity index (χ0n) is 30.8. The average Bonchev–Trinajstić information content (AvgIpc) is 3.20. The van der Waals surface area contributed by atoms with Crippen LogP contribution < -0.4 is 10.1 Å². The number of nitrogens with zero attached hydrogens (tertiary/aromatic N) is 2. The van der Waals surface area contributed by atoms with Gasteiger partial charge in [0.2, 0.25) is 5.91 Å². The maximum absolute atomic E-state index is 14.0. The van der Waals surface area contributed by atoms with Gasteiger partial charge in [-0.05, 0) is 121 Å². The molecule has 1 N–H and O–H groups in total. The standard InChI is InChI=1S/C44H47BrF3N3O4/c45-37-14-10-34(11-15-37)29-41(52)51(27-22-31-12-16-38(17-13-31)55-43(54)44(46,47)48)30-35-4-3-5-36(28-35)39-6-1-2-7-40(39)42(53)50-25-20-33(21-26-50)9-8-32-18-23-49-24-19-32/h1-7,10-17,28,32-33,49H,8-9,18-27,29-30H2. The summed E-state index contributed by atoms with van der Waals surface area (Å²) in [5, 5.41) is 3.45. The highest BCUT2D eigenvalue weighted by Gasteiger charge is 2.41. The molecule has 4 aromatic carbocycles. The Balaban J connectivity index is 1.13. The van der Waals surface area contributed by atoms with E-state index >= 15 is 0 Å². The lowest BCUT2D eigenvalue weighted by molar-refractivity contribution is -0.189. The molecule has 0 saturated carbocycles. The van der Waals surface area contributed by atoms with Gasteiger partial charge in [-0.1, -0.05) is 89.4 Å². The second kappa shape index (κ2) is 18.9. The molecule has 0 bridgehead atoms. The van der Waals surface area contributed by atoms with Gasteiger partial charge in [0.05, 0.1) is 6.42 Å². The molecule has 6 rings (SSSR count). The van der Waals surface area contributed by atoms with Crippen LogP contribution in [0.1, 0.15) is 65.6 Å². The van der Waals surface area contributed by atoms with Crippen LogP contribution in [0.2, 0.25) is 0 Å². The molecule has 0 aromatic heterocycles. The lowest BCUT2D eigenvalue weighted by atomic mass is 9.85. The van der Waals surface area contributed by atoms with Crippen molar-refractivity contribution < 1.29 is 32.3 Å². The number of halogens is 4. The van der Waals surface area contributed by atoms with E-state index in [2.05, 4.69) is 26.0 Å². The fourth-order valence-corrected chi connectivity index (χ4v) is 7.81. The zero-order valence-corrected chi connectivity index (χ0v) is 32.4. The van der Waals surface area contributed by atoms with Crippen LogP contribution in [0.25, 0.3) is 11.1 Å². The Morgan fingerprint density at radius 3 is 2.13 bits per heavy atom. The van der Waals surface area contributed by atoms with Crippen molar-refractivity contribution in [2.45, 2.75) is 64.1 Å². The molecule has 11 heteroatoms. The van der Waals surface area contributed by atoms with Crippen LogP contribution in [0.3, 0.4) is 0 Å². The molecule has 4 aromatic rings. The number of carbonyl (C=O) groups is 3. The summed E-state index contributed by atoms with van der Waals surface area (Å²) in [7, 11) is 0. The fourth-order valence-electron chi connectivity index (χ4n) is 7.55. The SMILES string of the molecule is O=C(Cc1ccc(Br)cc1)N(CCc1ccc(OC(=O)C(F)(F)F)cc1)Cc1cccc(-c2ccccc2C(=O)N2CCC(CCC3CCNCC3)CC2)c1. The number of likely N-dealkylation sites (tertiary alicyclic amines) is 1. The molecule has 290 valence electrons. The van der Waals surface area contributed by atoms with E-state index in [0.29, 0.717) is 31.0 Å². The summed E-state index contributed by atoms with van der Waals surface area (Å²) < 4.78 is 43.3. The smallest absolute Gasteiger partial charge is 0.420 e. The van der Waals surface area contributed by atoms with E-state index < -0.39 is 12.1 Å². The monoisotopic (exact) mass is 817 g/mol. The summed E-state index contributed by atoms with van der Waals surface area (Å²) in [6.45, 7) is 4.43. The Labute approximate surface area is 329 Å². The third-order valence-electron chi connectivity index (χ3n) is 10.8. The Bertz CT molecular complexity index is 1900. The number of rotatable bonds is 13. The van der Waals surface area contributed by atoms with Crippen LogP contribution in [-0.2, 0) is 29.0 Å². The Hall–Kier alpha value is -4.48. The van der Waals surface area contributed by atoms with Crippen LogP contribution in [0.5, 0.6) is 5.75 Å². The summed E-state index contributed by atoms with van der Waals surface area (Å²) in [6.07, 6.45) is 2.65. The first-order valence-electron chi connectivity index (χ1n) is 19.1. The zero-order chi connectivity index (χ0) is 38.8. The number of ether oxygens (including phenoxy) is 1. The number of carbonyl (C=O) groups excluding carboxylic acids is 3. The maximum atomic E-state index is 14.0. The van der Waals surface area contributed by atoms with E-state index in [1.165, 1.54) is 37.8 Å². The Kier molecular flexibility index (Phi) is 13.8. The summed E-state index contributed by atoms with van der Waals surface area (Å²) in [5.74, 6) is -1.04. The van der Waals surface area contributed by atoms with Crippen LogP contribution in [-0.4, -0.2) is 66.5 Å². The van der Waals surface area contributed by atoms with Crippen LogP contribution in [0.15, 0.2) is 102 Å². The van der Waals surface area contributed by atoms with Crippen molar-refractivity contribution in [2.75, 3.05) is 32.7 Å². The van der Waals surface area contributed by atoms with Gasteiger partial charge in [-0.15, -0.1) is 0 Å². The topological polar surface area (TPSA) is 79.0 Å². The van der Waals surface area contributed by atoms with E-state index in [0.717, 1.165) is 77.2 Å². The normalized spacial score (nSPS) is 15.5. The predicted molar refractivity (Wildman–Crippen MR) is 210 cm³/mol. The molecule has 7 nitrogen and oxygen atoms in total. The number of alkyl halides is 3. The molecule has 0 unspecified atom stereocenters. The number of nitrogens with one attached hydrogen (secondary N) is 1. The minimum atomic E-state index is -5.09. The van der Waals surface area contributed by atoms with Crippen LogP contribution >= 0.6 is 15.9 Å². The highest BCUT2D eigenvalue weighted by molar-refractivity contribution is 9.10. The van der Waals surface area contributed by atoms with Gasteiger partial charge in [0.25, 0.3) is 5.91 Å². The summed E-state index contributed by atoms with van der Waals surface area (Å²) in [4.78, 5) is 42.8. The fraction of sp³-hybridized carbons (Fsp3) is 0.386. The lowest BCUT2D eigenvalue weighted by Gasteiger charge is -2.33. The van der Waals surface area contributed by atoms with Gasteiger partial charge >= 0.3 is 12.1 Å². The minimum absolute atomic E-state index is 0.0447. The van der Waals surface area contributed by atoms with Crippen molar-refractivity contribution in [3.8, 4) is 16.9 Å². The van der Waals surface area contributed by atoms with E-state index in [1.54, 1.807) is 17.0 Å². The number of hydrogen-bond acceptors (Lipinski definition) is 5. The second-order valence-corrected chi connectivity index (χ2v) is 15.6. The molecule has 55 heavy (non-hydrogen) atoms. The van der Waals surface area contributed by atoms with Crippen molar-refractivity contribution in [3.63, 3.8) is 0 Å². The highest BCUT2D eigenvalue weighted by atomic mass is 79.9. The summed E-state index contributed by atoms with van der Waals surface area (Å²) in [5.41, 5.74) is 4.93. The van der Waals surface area contributed by atoms with E-state index in [9.17, 15) is 27.6 Å². The first-order chi connectivity index (χ1) is 26.5. The number of piperidine rings is 2. The second-order valence-electron chi connectivity index (χ2n) is 14.7. The van der Waals surface area contributed by atoms with Gasteiger partial charge in [0, 0.05) is 36.2 Å². The van der Waals surface area contributed by atoms with Gasteiger partial charge in [-0.3, -0.25) is 9.59 Å². The predicted octanol–water partition coefficient (Wildman–Crippen LogP) is 9.03. The number of amides is 2. The summed E-state index contributed by atoms with van der Waals surface area (Å²) >= 11 is 3.44. The minimum Gasteiger partial charge on any atom is -0.420 e.